The van der Waals surface area contributed by atoms with E-state index in [1.165, 1.54) is 35.9 Å². The third-order valence-electron chi connectivity index (χ3n) is 4.23. The molecule has 0 aliphatic rings. The molecule has 0 aliphatic carbocycles. The maximum atomic E-state index is 12.7. The molecule has 1 N–H and O–H groups in total. The number of methoxy groups -OCH3 is 1. The van der Waals surface area contributed by atoms with Crippen LogP contribution in [0.2, 0.25) is 0 Å². The number of nitrogens with one attached hydrogen (secondary N) is 1. The van der Waals surface area contributed by atoms with Crippen LogP contribution < -0.4 is 26.6 Å². The third-order valence-corrected chi connectivity index (χ3v) is 4.23. The lowest BCUT2D eigenvalue weighted by Gasteiger charge is -2.02. The molecular formula is C20H17N3O5. The van der Waals surface area contributed by atoms with E-state index in [9.17, 15) is 19.7 Å². The Kier molecular flexibility index (Phi) is 5.21. The first-order valence-electron chi connectivity index (χ1n) is 8.31. The summed E-state index contributed by atoms with van der Waals surface area (Å²) in [5.41, 5.74) is -0.164. The largest absolute Gasteiger partial charge is 0.497 e. The first-order valence-corrected chi connectivity index (χ1v) is 8.31. The number of aromatic nitrogens is 2. The van der Waals surface area contributed by atoms with Gasteiger partial charge in [-0.2, -0.15) is 0 Å². The van der Waals surface area contributed by atoms with Gasteiger partial charge < -0.3 is 14.3 Å². The lowest BCUT2D eigenvalue weighted by atomic mass is 10.1. The fraction of sp³-hybridized carbons (Fsp3) is 0.100. The van der Waals surface area contributed by atoms with Gasteiger partial charge in [-0.15, -0.1) is 0 Å². The molecule has 0 unspecified atom stereocenters. The van der Waals surface area contributed by atoms with E-state index in [0.717, 1.165) is 5.56 Å². The van der Waals surface area contributed by atoms with Crippen LogP contribution in [-0.4, -0.2) is 21.6 Å². The number of benzene rings is 2. The van der Waals surface area contributed by atoms with Gasteiger partial charge in [-0.05, 0) is 35.9 Å². The van der Waals surface area contributed by atoms with Crippen molar-refractivity contribution in [3.63, 3.8) is 0 Å². The Labute approximate surface area is 158 Å². The van der Waals surface area contributed by atoms with Crippen LogP contribution in [0.3, 0.4) is 0 Å². The van der Waals surface area contributed by atoms with Crippen molar-refractivity contribution in [3.8, 4) is 5.75 Å². The number of ether oxygens (including phenoxy) is 1. The number of nitro groups is 1. The van der Waals surface area contributed by atoms with Crippen LogP contribution in [0.15, 0.2) is 58.1 Å². The van der Waals surface area contributed by atoms with Crippen LogP contribution in [0.1, 0.15) is 11.1 Å². The van der Waals surface area contributed by atoms with Crippen molar-refractivity contribution >= 4 is 17.8 Å². The summed E-state index contributed by atoms with van der Waals surface area (Å²) in [5.74, 6) is 0.675. The lowest BCUT2D eigenvalue weighted by molar-refractivity contribution is -0.385. The Bertz CT molecular complexity index is 1270. The molecule has 0 atom stereocenters. The number of nitro benzene ring substituents is 1. The van der Waals surface area contributed by atoms with Gasteiger partial charge in [-0.3, -0.25) is 19.7 Å². The number of rotatable bonds is 4. The topological polar surface area (TPSA) is 107 Å². The van der Waals surface area contributed by atoms with Crippen molar-refractivity contribution in [2.45, 2.75) is 0 Å². The van der Waals surface area contributed by atoms with Gasteiger partial charge in [0.25, 0.3) is 16.8 Å². The summed E-state index contributed by atoms with van der Waals surface area (Å²) in [6.45, 7) is 0. The van der Waals surface area contributed by atoms with Crippen molar-refractivity contribution in [1.82, 2.24) is 9.55 Å². The normalized spacial score (nSPS) is 12.2. The van der Waals surface area contributed by atoms with Crippen LogP contribution in [-0.2, 0) is 7.05 Å². The molecule has 0 saturated heterocycles. The van der Waals surface area contributed by atoms with E-state index in [0.29, 0.717) is 5.75 Å². The smallest absolute Gasteiger partial charge is 0.276 e. The zero-order chi connectivity index (χ0) is 20.3. The molecule has 0 bridgehead atoms. The standard InChI is InChI=1S/C20H17N3O5/c1-22-18(11-13-7-9-15(28-2)10-8-13)19(24)21-16(20(22)25)12-14-5-3-4-6-17(14)23(26)27/h3-12H,1-2H3,(H,21,24). The van der Waals surface area contributed by atoms with Crippen molar-refractivity contribution in [2.24, 2.45) is 7.05 Å². The van der Waals surface area contributed by atoms with Gasteiger partial charge in [0.2, 0.25) is 0 Å². The summed E-state index contributed by atoms with van der Waals surface area (Å²) in [6, 6.07) is 13.0. The van der Waals surface area contributed by atoms with Gasteiger partial charge in [-0.25, -0.2) is 0 Å². The van der Waals surface area contributed by atoms with Gasteiger partial charge in [0.1, 0.15) is 16.4 Å². The quantitative estimate of drug-likeness (QED) is 0.529. The van der Waals surface area contributed by atoms with E-state index >= 15 is 0 Å². The predicted molar refractivity (Wildman–Crippen MR) is 105 cm³/mol. The molecule has 0 spiro atoms. The monoisotopic (exact) mass is 379 g/mol. The van der Waals surface area contributed by atoms with E-state index in [2.05, 4.69) is 4.98 Å². The highest BCUT2D eigenvalue weighted by Gasteiger charge is 2.11. The van der Waals surface area contributed by atoms with E-state index < -0.39 is 16.0 Å². The van der Waals surface area contributed by atoms with Crippen LogP contribution >= 0.6 is 0 Å². The number of aromatic amines is 1. The fourth-order valence-corrected chi connectivity index (χ4v) is 2.73. The minimum atomic E-state index is -0.541. The zero-order valence-electron chi connectivity index (χ0n) is 15.2. The second-order valence-corrected chi connectivity index (χ2v) is 5.99. The van der Waals surface area contributed by atoms with E-state index in [4.69, 9.17) is 4.74 Å². The zero-order valence-corrected chi connectivity index (χ0v) is 15.2. The van der Waals surface area contributed by atoms with Gasteiger partial charge in [0.15, 0.2) is 0 Å². The van der Waals surface area contributed by atoms with Gasteiger partial charge >= 0.3 is 0 Å². The van der Waals surface area contributed by atoms with Crippen molar-refractivity contribution in [2.75, 3.05) is 7.11 Å². The molecule has 0 amide bonds. The Morgan fingerprint density at radius 3 is 2.39 bits per heavy atom. The van der Waals surface area contributed by atoms with E-state index in [-0.39, 0.29) is 21.9 Å². The van der Waals surface area contributed by atoms with Gasteiger partial charge in [0.05, 0.1) is 17.6 Å². The predicted octanol–water partition coefficient (Wildman–Crippen LogP) is 0.648. The highest BCUT2D eigenvalue weighted by Crippen LogP contribution is 2.17. The Balaban J connectivity index is 2.19. The van der Waals surface area contributed by atoms with Crippen LogP contribution in [0.5, 0.6) is 5.75 Å². The molecule has 0 fully saturated rings. The van der Waals surface area contributed by atoms with Crippen LogP contribution in [0, 0.1) is 10.1 Å². The lowest BCUT2D eigenvalue weighted by Crippen LogP contribution is -2.52. The van der Waals surface area contributed by atoms with Crippen LogP contribution in [0.25, 0.3) is 12.2 Å². The molecule has 2 aromatic carbocycles. The summed E-state index contributed by atoms with van der Waals surface area (Å²) in [4.78, 5) is 38.3. The highest BCUT2D eigenvalue weighted by atomic mass is 16.6. The van der Waals surface area contributed by atoms with E-state index in [1.54, 1.807) is 43.5 Å². The van der Waals surface area contributed by atoms with E-state index in [1.807, 2.05) is 0 Å². The molecule has 0 aliphatic heterocycles. The van der Waals surface area contributed by atoms with Crippen molar-refractivity contribution in [3.05, 3.63) is 101 Å². The Morgan fingerprint density at radius 1 is 1.07 bits per heavy atom. The molecule has 8 nitrogen and oxygen atoms in total. The number of H-pyrrole nitrogens is 1. The van der Waals surface area contributed by atoms with Gasteiger partial charge in [-0.1, -0.05) is 24.3 Å². The Morgan fingerprint density at radius 2 is 1.75 bits per heavy atom. The third kappa shape index (κ3) is 3.75. The minimum Gasteiger partial charge on any atom is -0.497 e. The van der Waals surface area contributed by atoms with Crippen molar-refractivity contribution < 1.29 is 9.66 Å². The molecule has 28 heavy (non-hydrogen) atoms. The summed E-state index contributed by atoms with van der Waals surface area (Å²) >= 11 is 0. The molecular weight excluding hydrogens is 362 g/mol. The molecule has 0 radical (unpaired) electrons. The van der Waals surface area contributed by atoms with Crippen LogP contribution in [0.4, 0.5) is 5.69 Å². The fourth-order valence-electron chi connectivity index (χ4n) is 2.73. The number of hydrogen-bond acceptors (Lipinski definition) is 5. The molecule has 142 valence electrons. The molecule has 1 aromatic heterocycles. The summed E-state index contributed by atoms with van der Waals surface area (Å²) in [5, 5.41) is 11.3. The van der Waals surface area contributed by atoms with Gasteiger partial charge in [0, 0.05) is 13.1 Å². The first kappa shape index (κ1) is 18.8. The average molecular weight is 379 g/mol. The second-order valence-electron chi connectivity index (χ2n) is 5.99. The SMILES string of the molecule is COc1ccc(C=c2c(=O)[nH]c(=Cc3ccccc3[N+](=O)[O-])c(=O)n2C)cc1. The first-order chi connectivity index (χ1) is 13.4. The number of hydrogen-bond donors (Lipinski definition) is 1. The highest BCUT2D eigenvalue weighted by molar-refractivity contribution is 5.59. The summed E-state index contributed by atoms with van der Waals surface area (Å²) in [6.07, 6.45) is 2.88. The maximum absolute atomic E-state index is 12.7. The number of nitrogens with zero attached hydrogens (tertiary/aromatic N) is 2. The molecule has 1 heterocycles. The minimum absolute atomic E-state index is 0.0336. The average Bonchev–Trinajstić information content (AvgIpc) is 2.70. The second kappa shape index (κ2) is 7.75. The van der Waals surface area contributed by atoms with Crippen molar-refractivity contribution in [1.29, 1.82) is 0 Å². The summed E-state index contributed by atoms with van der Waals surface area (Å²) < 4.78 is 6.31. The molecule has 3 aromatic rings. The summed E-state index contributed by atoms with van der Waals surface area (Å²) in [7, 11) is 3.03. The molecule has 3 rings (SSSR count). The number of para-hydroxylation sites is 1. The molecule has 8 heteroatoms. The molecule has 0 saturated carbocycles. The maximum Gasteiger partial charge on any atom is 0.276 e. The Hall–Kier alpha value is -3.94.